The number of ether oxygens (including phenoxy) is 1. The van der Waals surface area contributed by atoms with Gasteiger partial charge < -0.3 is 10.5 Å². The molecule has 1 heterocycles. The minimum absolute atomic E-state index is 0.713. The maximum Gasteiger partial charge on any atom is 0.123 e. The zero-order chi connectivity index (χ0) is 13.0. The summed E-state index contributed by atoms with van der Waals surface area (Å²) in [6.07, 6.45) is 5.22. The number of piperidine rings is 1. The van der Waals surface area contributed by atoms with Gasteiger partial charge in [-0.15, -0.1) is 0 Å². The second kappa shape index (κ2) is 6.10. The van der Waals surface area contributed by atoms with Crippen molar-refractivity contribution >= 4 is 5.69 Å². The molecule has 3 nitrogen and oxygen atoms in total. The highest BCUT2D eigenvalue weighted by Gasteiger charge is 2.21. The van der Waals surface area contributed by atoms with E-state index in [-0.39, 0.29) is 0 Å². The van der Waals surface area contributed by atoms with Gasteiger partial charge in [-0.3, -0.25) is 4.90 Å². The second-order valence-electron chi connectivity index (χ2n) is 5.10. The molecule has 1 aliphatic rings. The first-order valence-electron chi connectivity index (χ1n) is 6.91. The Balaban J connectivity index is 2.14. The molecule has 2 rings (SSSR count). The summed E-state index contributed by atoms with van der Waals surface area (Å²) in [5.41, 5.74) is 7.90. The molecule has 3 heteroatoms. The standard InChI is InChI=1S/C15H24N2O/c1-3-14-6-4-5-9-17(14)11-12-10-13(16)7-8-15(12)18-2/h7-8,10,14H,3-6,9,11,16H2,1-2H3. The van der Waals surface area contributed by atoms with Gasteiger partial charge in [0.1, 0.15) is 5.75 Å². The Morgan fingerprint density at radius 2 is 2.22 bits per heavy atom. The molecule has 18 heavy (non-hydrogen) atoms. The van der Waals surface area contributed by atoms with E-state index < -0.39 is 0 Å². The van der Waals surface area contributed by atoms with Crippen LogP contribution in [-0.4, -0.2) is 24.6 Å². The van der Waals surface area contributed by atoms with E-state index in [9.17, 15) is 0 Å². The van der Waals surface area contributed by atoms with E-state index in [1.165, 1.54) is 37.8 Å². The van der Waals surface area contributed by atoms with Crippen molar-refractivity contribution < 1.29 is 4.74 Å². The van der Waals surface area contributed by atoms with Crippen molar-refractivity contribution in [2.45, 2.75) is 45.2 Å². The highest BCUT2D eigenvalue weighted by Crippen LogP contribution is 2.27. The summed E-state index contributed by atoms with van der Waals surface area (Å²) in [5.74, 6) is 0.949. The van der Waals surface area contributed by atoms with E-state index in [2.05, 4.69) is 11.8 Å². The van der Waals surface area contributed by atoms with Crippen LogP contribution in [0.3, 0.4) is 0 Å². The lowest BCUT2D eigenvalue weighted by atomic mass is 9.99. The van der Waals surface area contributed by atoms with Crippen LogP contribution < -0.4 is 10.5 Å². The fraction of sp³-hybridized carbons (Fsp3) is 0.600. The molecule has 0 aliphatic carbocycles. The predicted octanol–water partition coefficient (Wildman–Crippen LogP) is 3.04. The van der Waals surface area contributed by atoms with E-state index in [1.807, 2.05) is 18.2 Å². The Morgan fingerprint density at radius 1 is 1.39 bits per heavy atom. The number of anilines is 1. The number of rotatable bonds is 4. The molecule has 0 aromatic heterocycles. The maximum atomic E-state index is 5.88. The average molecular weight is 248 g/mol. The van der Waals surface area contributed by atoms with Crippen molar-refractivity contribution in [2.75, 3.05) is 19.4 Å². The smallest absolute Gasteiger partial charge is 0.123 e. The third-order valence-electron chi connectivity index (χ3n) is 3.90. The molecule has 1 atom stereocenters. The number of hydrogen-bond acceptors (Lipinski definition) is 3. The number of benzene rings is 1. The van der Waals surface area contributed by atoms with Crippen molar-refractivity contribution in [1.82, 2.24) is 4.90 Å². The summed E-state index contributed by atoms with van der Waals surface area (Å²) in [4.78, 5) is 2.57. The summed E-state index contributed by atoms with van der Waals surface area (Å²) in [6.45, 7) is 4.42. The van der Waals surface area contributed by atoms with E-state index >= 15 is 0 Å². The minimum atomic E-state index is 0.713. The Morgan fingerprint density at radius 3 is 2.94 bits per heavy atom. The summed E-state index contributed by atoms with van der Waals surface area (Å²) in [7, 11) is 1.72. The number of nitrogens with two attached hydrogens (primary N) is 1. The van der Waals surface area contributed by atoms with Crippen LogP contribution >= 0.6 is 0 Å². The second-order valence-corrected chi connectivity index (χ2v) is 5.10. The van der Waals surface area contributed by atoms with Crippen LogP contribution in [0.4, 0.5) is 5.69 Å². The molecule has 1 saturated heterocycles. The van der Waals surface area contributed by atoms with Gasteiger partial charge in [-0.1, -0.05) is 13.3 Å². The summed E-state index contributed by atoms with van der Waals surface area (Å²) >= 11 is 0. The molecule has 0 bridgehead atoms. The van der Waals surface area contributed by atoms with E-state index in [1.54, 1.807) is 7.11 Å². The Labute approximate surface area is 110 Å². The lowest BCUT2D eigenvalue weighted by Gasteiger charge is -2.35. The van der Waals surface area contributed by atoms with E-state index in [0.717, 1.165) is 18.0 Å². The predicted molar refractivity (Wildman–Crippen MR) is 75.7 cm³/mol. The number of likely N-dealkylation sites (tertiary alicyclic amines) is 1. The quantitative estimate of drug-likeness (QED) is 0.832. The largest absolute Gasteiger partial charge is 0.496 e. The molecule has 1 aliphatic heterocycles. The first-order chi connectivity index (χ1) is 8.74. The van der Waals surface area contributed by atoms with Gasteiger partial charge in [-0.05, 0) is 44.0 Å². The van der Waals surface area contributed by atoms with Gasteiger partial charge in [0, 0.05) is 23.8 Å². The van der Waals surface area contributed by atoms with Crippen LogP contribution in [0, 0.1) is 0 Å². The molecule has 1 aromatic carbocycles. The molecule has 0 radical (unpaired) electrons. The molecule has 0 amide bonds. The van der Waals surface area contributed by atoms with Gasteiger partial charge in [-0.25, -0.2) is 0 Å². The molecule has 0 spiro atoms. The van der Waals surface area contributed by atoms with Crippen LogP contribution in [0.15, 0.2) is 18.2 Å². The van der Waals surface area contributed by atoms with Crippen LogP contribution in [0.2, 0.25) is 0 Å². The molecule has 1 aromatic rings. The Kier molecular flexibility index (Phi) is 4.48. The molecular weight excluding hydrogens is 224 g/mol. The van der Waals surface area contributed by atoms with Crippen molar-refractivity contribution in [2.24, 2.45) is 0 Å². The zero-order valence-electron chi connectivity index (χ0n) is 11.5. The van der Waals surface area contributed by atoms with Crippen molar-refractivity contribution in [3.05, 3.63) is 23.8 Å². The SMILES string of the molecule is CCC1CCCCN1Cc1cc(N)ccc1OC. The number of methoxy groups -OCH3 is 1. The molecular formula is C15H24N2O. The topological polar surface area (TPSA) is 38.5 Å². The van der Waals surface area contributed by atoms with E-state index in [0.29, 0.717) is 6.04 Å². The fourth-order valence-electron chi connectivity index (χ4n) is 2.87. The van der Waals surface area contributed by atoms with Gasteiger partial charge in [-0.2, -0.15) is 0 Å². The van der Waals surface area contributed by atoms with Crippen LogP contribution in [0.25, 0.3) is 0 Å². The first kappa shape index (κ1) is 13.2. The van der Waals surface area contributed by atoms with E-state index in [4.69, 9.17) is 10.5 Å². The number of nitrogen functional groups attached to an aromatic ring is 1. The number of nitrogens with zero attached hydrogens (tertiary/aromatic N) is 1. The van der Waals surface area contributed by atoms with Crippen molar-refractivity contribution in [1.29, 1.82) is 0 Å². The molecule has 2 N–H and O–H groups in total. The molecule has 0 saturated carbocycles. The van der Waals surface area contributed by atoms with Gasteiger partial charge in [0.2, 0.25) is 0 Å². The minimum Gasteiger partial charge on any atom is -0.496 e. The zero-order valence-corrected chi connectivity index (χ0v) is 11.5. The monoisotopic (exact) mass is 248 g/mol. The summed E-state index contributed by atoms with van der Waals surface area (Å²) in [5, 5.41) is 0. The lowest BCUT2D eigenvalue weighted by Crippen LogP contribution is -2.38. The van der Waals surface area contributed by atoms with Gasteiger partial charge in [0.15, 0.2) is 0 Å². The van der Waals surface area contributed by atoms with Crippen LogP contribution in [0.1, 0.15) is 38.2 Å². The van der Waals surface area contributed by atoms with Gasteiger partial charge in [0.25, 0.3) is 0 Å². The average Bonchev–Trinajstić information content (AvgIpc) is 2.40. The maximum absolute atomic E-state index is 5.88. The van der Waals surface area contributed by atoms with Gasteiger partial charge >= 0.3 is 0 Å². The lowest BCUT2D eigenvalue weighted by molar-refractivity contribution is 0.135. The third-order valence-corrected chi connectivity index (χ3v) is 3.90. The highest BCUT2D eigenvalue weighted by molar-refractivity contribution is 5.47. The van der Waals surface area contributed by atoms with Crippen molar-refractivity contribution in [3.8, 4) is 5.75 Å². The normalized spacial score (nSPS) is 20.9. The first-order valence-corrected chi connectivity index (χ1v) is 6.91. The Bertz CT molecular complexity index is 392. The summed E-state index contributed by atoms with van der Waals surface area (Å²) in [6, 6.07) is 6.62. The molecule has 100 valence electrons. The number of hydrogen-bond donors (Lipinski definition) is 1. The van der Waals surface area contributed by atoms with Crippen molar-refractivity contribution in [3.63, 3.8) is 0 Å². The van der Waals surface area contributed by atoms with Crippen LogP contribution in [0.5, 0.6) is 5.75 Å². The van der Waals surface area contributed by atoms with Crippen LogP contribution in [-0.2, 0) is 6.54 Å². The molecule has 1 fully saturated rings. The highest BCUT2D eigenvalue weighted by atomic mass is 16.5. The summed E-state index contributed by atoms with van der Waals surface area (Å²) < 4.78 is 5.43. The van der Waals surface area contributed by atoms with Gasteiger partial charge in [0.05, 0.1) is 7.11 Å². The third kappa shape index (κ3) is 2.96. The molecule has 1 unspecified atom stereocenters. The fourth-order valence-corrected chi connectivity index (χ4v) is 2.87. The Hall–Kier alpha value is -1.22.